The van der Waals surface area contributed by atoms with Gasteiger partial charge in [0.05, 0.1) is 6.26 Å². The number of halogens is 1. The quantitative estimate of drug-likeness (QED) is 0.910. The van der Waals surface area contributed by atoms with Crippen molar-refractivity contribution in [2.75, 3.05) is 0 Å². The Hall–Kier alpha value is -1.61. The van der Waals surface area contributed by atoms with Crippen LogP contribution in [0.4, 0.5) is 4.39 Å². The average Bonchev–Trinajstić information content (AvgIpc) is 2.91. The van der Waals surface area contributed by atoms with Gasteiger partial charge in [-0.25, -0.2) is 4.39 Å². The molecule has 1 aliphatic rings. The molecule has 20 heavy (non-hydrogen) atoms. The van der Waals surface area contributed by atoms with Gasteiger partial charge in [-0.15, -0.1) is 0 Å². The molecule has 1 N–H and O–H groups in total. The summed E-state index contributed by atoms with van der Waals surface area (Å²) < 4.78 is 18.4. The molecule has 1 aromatic carbocycles. The normalized spacial score (nSPS) is 19.6. The minimum atomic E-state index is -0.176. The van der Waals surface area contributed by atoms with Crippen molar-refractivity contribution in [2.24, 2.45) is 0 Å². The fourth-order valence-electron chi connectivity index (χ4n) is 3.04. The molecule has 2 atom stereocenters. The topological polar surface area (TPSA) is 25.2 Å². The lowest BCUT2D eigenvalue weighted by molar-refractivity contribution is 0.380. The minimum Gasteiger partial charge on any atom is -0.469 e. The van der Waals surface area contributed by atoms with E-state index in [9.17, 15) is 4.39 Å². The van der Waals surface area contributed by atoms with E-state index in [2.05, 4.69) is 18.3 Å². The zero-order chi connectivity index (χ0) is 13.9. The first-order chi connectivity index (χ1) is 9.72. The Labute approximate surface area is 119 Å². The third-order valence-corrected chi connectivity index (χ3v) is 3.99. The van der Waals surface area contributed by atoms with Crippen LogP contribution in [-0.4, -0.2) is 6.04 Å². The second-order valence-corrected chi connectivity index (χ2v) is 5.64. The number of rotatable bonds is 4. The van der Waals surface area contributed by atoms with Crippen LogP contribution in [0.2, 0.25) is 0 Å². The molecule has 1 aliphatic carbocycles. The third kappa shape index (κ3) is 2.93. The molecule has 0 radical (unpaired) electrons. The van der Waals surface area contributed by atoms with Gasteiger partial charge < -0.3 is 9.73 Å². The highest BCUT2D eigenvalue weighted by Gasteiger charge is 2.23. The first-order valence-corrected chi connectivity index (χ1v) is 7.29. The molecule has 2 unspecified atom stereocenters. The number of hydrogen-bond donors (Lipinski definition) is 1. The number of benzene rings is 1. The summed E-state index contributed by atoms with van der Waals surface area (Å²) in [5.74, 6) is 0.951. The maximum atomic E-state index is 12.9. The summed E-state index contributed by atoms with van der Waals surface area (Å²) in [6, 6.07) is 9.58. The zero-order valence-electron chi connectivity index (χ0n) is 11.7. The smallest absolute Gasteiger partial charge is 0.123 e. The Morgan fingerprint density at radius 3 is 2.90 bits per heavy atom. The zero-order valence-corrected chi connectivity index (χ0v) is 11.7. The van der Waals surface area contributed by atoms with Crippen LogP contribution in [0.25, 0.3) is 0 Å². The molecule has 3 rings (SSSR count). The largest absolute Gasteiger partial charge is 0.469 e. The Morgan fingerprint density at radius 2 is 2.10 bits per heavy atom. The van der Waals surface area contributed by atoms with E-state index in [0.717, 1.165) is 30.6 Å². The van der Waals surface area contributed by atoms with E-state index >= 15 is 0 Å². The molecule has 0 saturated carbocycles. The number of aryl methyl sites for hydroxylation is 1. The molecule has 0 amide bonds. The van der Waals surface area contributed by atoms with E-state index in [0.29, 0.717) is 12.1 Å². The number of fused-ring (bicyclic) bond motifs is 1. The van der Waals surface area contributed by atoms with Crippen molar-refractivity contribution < 1.29 is 8.81 Å². The fraction of sp³-hybridized carbons (Fsp3) is 0.412. The van der Waals surface area contributed by atoms with Gasteiger partial charge in [0.1, 0.15) is 11.6 Å². The lowest BCUT2D eigenvalue weighted by atomic mass is 9.92. The van der Waals surface area contributed by atoms with Crippen molar-refractivity contribution in [2.45, 2.75) is 44.7 Å². The molecular weight excluding hydrogens is 253 g/mol. The summed E-state index contributed by atoms with van der Waals surface area (Å²) in [4.78, 5) is 0. The van der Waals surface area contributed by atoms with Gasteiger partial charge in [0.25, 0.3) is 0 Å². The summed E-state index contributed by atoms with van der Waals surface area (Å²) in [6.07, 6.45) is 6.06. The summed E-state index contributed by atoms with van der Waals surface area (Å²) in [7, 11) is 0. The predicted molar refractivity (Wildman–Crippen MR) is 77.1 cm³/mol. The highest BCUT2D eigenvalue weighted by molar-refractivity contribution is 5.24. The highest BCUT2D eigenvalue weighted by Crippen LogP contribution is 2.30. The Morgan fingerprint density at radius 1 is 1.30 bits per heavy atom. The van der Waals surface area contributed by atoms with Crippen molar-refractivity contribution in [1.82, 2.24) is 5.32 Å². The maximum Gasteiger partial charge on any atom is 0.123 e. The molecule has 3 heteroatoms. The summed E-state index contributed by atoms with van der Waals surface area (Å²) in [6.45, 7) is 2.18. The van der Waals surface area contributed by atoms with Crippen LogP contribution in [0, 0.1) is 5.82 Å². The van der Waals surface area contributed by atoms with Gasteiger partial charge in [-0.05, 0) is 49.9 Å². The molecule has 2 nitrogen and oxygen atoms in total. The van der Waals surface area contributed by atoms with E-state index in [1.165, 1.54) is 24.1 Å². The van der Waals surface area contributed by atoms with Crippen LogP contribution in [0.1, 0.15) is 42.7 Å². The maximum absolute atomic E-state index is 12.9. The lowest BCUT2D eigenvalue weighted by Crippen LogP contribution is -2.33. The molecule has 0 fully saturated rings. The number of nitrogens with one attached hydrogen (secondary N) is 1. The molecular formula is C17H20FNO. The average molecular weight is 273 g/mol. The van der Waals surface area contributed by atoms with Gasteiger partial charge in [0.15, 0.2) is 0 Å². The van der Waals surface area contributed by atoms with Gasteiger partial charge in [0.2, 0.25) is 0 Å². The molecule has 106 valence electrons. The van der Waals surface area contributed by atoms with Gasteiger partial charge in [0, 0.05) is 24.1 Å². The van der Waals surface area contributed by atoms with Crippen LogP contribution >= 0.6 is 0 Å². The molecule has 1 heterocycles. The number of hydrogen-bond acceptors (Lipinski definition) is 2. The molecule has 2 aromatic rings. The van der Waals surface area contributed by atoms with Gasteiger partial charge in [-0.3, -0.25) is 0 Å². The van der Waals surface area contributed by atoms with Crippen molar-refractivity contribution in [3.05, 3.63) is 59.3 Å². The summed E-state index contributed by atoms with van der Waals surface area (Å²) >= 11 is 0. The molecule has 0 spiro atoms. The van der Waals surface area contributed by atoms with Crippen LogP contribution < -0.4 is 5.32 Å². The summed E-state index contributed by atoms with van der Waals surface area (Å²) in [5.41, 5.74) is 2.47. The molecule has 0 saturated heterocycles. The Kier molecular flexibility index (Phi) is 3.88. The van der Waals surface area contributed by atoms with Crippen molar-refractivity contribution >= 4 is 0 Å². The van der Waals surface area contributed by atoms with Gasteiger partial charge in [-0.2, -0.15) is 0 Å². The van der Waals surface area contributed by atoms with Crippen molar-refractivity contribution in [1.29, 1.82) is 0 Å². The molecule has 0 bridgehead atoms. The monoisotopic (exact) mass is 273 g/mol. The Balaban J connectivity index is 1.62. The van der Waals surface area contributed by atoms with Crippen LogP contribution in [0.3, 0.4) is 0 Å². The molecule has 1 aromatic heterocycles. The van der Waals surface area contributed by atoms with Crippen molar-refractivity contribution in [3.63, 3.8) is 0 Å². The van der Waals surface area contributed by atoms with E-state index in [1.807, 2.05) is 12.1 Å². The van der Waals surface area contributed by atoms with Gasteiger partial charge in [-0.1, -0.05) is 12.1 Å². The van der Waals surface area contributed by atoms with Gasteiger partial charge >= 0.3 is 0 Å². The Bertz CT molecular complexity index is 561. The first-order valence-electron chi connectivity index (χ1n) is 7.29. The van der Waals surface area contributed by atoms with Crippen molar-refractivity contribution in [3.8, 4) is 0 Å². The van der Waals surface area contributed by atoms with E-state index in [-0.39, 0.29) is 5.82 Å². The van der Waals surface area contributed by atoms with E-state index in [1.54, 1.807) is 6.26 Å². The SMILES string of the molecule is CC(Cc1ccc(F)cc1)NC1CCCc2occc21. The van der Waals surface area contributed by atoms with E-state index in [4.69, 9.17) is 4.42 Å². The highest BCUT2D eigenvalue weighted by atomic mass is 19.1. The van der Waals surface area contributed by atoms with Crippen LogP contribution in [-0.2, 0) is 12.8 Å². The third-order valence-electron chi connectivity index (χ3n) is 3.99. The van der Waals surface area contributed by atoms with Crippen LogP contribution in [0.5, 0.6) is 0 Å². The minimum absolute atomic E-state index is 0.176. The summed E-state index contributed by atoms with van der Waals surface area (Å²) in [5, 5.41) is 3.67. The molecule has 0 aliphatic heterocycles. The van der Waals surface area contributed by atoms with E-state index < -0.39 is 0 Å². The van der Waals surface area contributed by atoms with Crippen LogP contribution in [0.15, 0.2) is 41.0 Å². The number of furan rings is 1. The first kappa shape index (κ1) is 13.4. The lowest BCUT2D eigenvalue weighted by Gasteiger charge is -2.26. The predicted octanol–water partition coefficient (Wildman–Crippen LogP) is 4.02. The standard InChI is InChI=1S/C17H20FNO/c1-12(11-13-5-7-14(18)8-6-13)19-16-3-2-4-17-15(16)9-10-20-17/h5-10,12,16,19H,2-4,11H2,1H3. The second-order valence-electron chi connectivity index (χ2n) is 5.64. The fourth-order valence-corrected chi connectivity index (χ4v) is 3.04. The second kappa shape index (κ2) is 5.80.